The maximum Gasteiger partial charge on any atom is 0.0500 e. The Labute approximate surface area is 111 Å². The van der Waals surface area contributed by atoms with E-state index in [0.29, 0.717) is 0 Å². The van der Waals surface area contributed by atoms with Crippen molar-refractivity contribution in [1.82, 2.24) is 0 Å². The van der Waals surface area contributed by atoms with Crippen LogP contribution in [0.25, 0.3) is 0 Å². The second-order valence-corrected chi connectivity index (χ2v) is 5.90. The van der Waals surface area contributed by atoms with Crippen LogP contribution in [0.5, 0.6) is 0 Å². The van der Waals surface area contributed by atoms with Crippen LogP contribution in [0.4, 0.5) is 11.4 Å². The van der Waals surface area contributed by atoms with Gasteiger partial charge < -0.3 is 10.6 Å². The zero-order chi connectivity index (χ0) is 11.5. The monoisotopic (exact) mass is 330 g/mol. The number of nitrogen functional groups attached to an aromatic ring is 1. The molecule has 0 aliphatic heterocycles. The van der Waals surface area contributed by atoms with Crippen LogP contribution >= 0.6 is 22.6 Å². The van der Waals surface area contributed by atoms with E-state index in [1.165, 1.54) is 41.5 Å². The molecule has 88 valence electrons. The minimum atomic E-state index is 0.849. The molecule has 0 spiro atoms. The Morgan fingerprint density at radius 2 is 2.06 bits per heavy atom. The summed E-state index contributed by atoms with van der Waals surface area (Å²) in [5, 5.41) is 0. The number of nitrogens with two attached hydrogens (primary N) is 1. The summed E-state index contributed by atoms with van der Waals surface area (Å²) in [7, 11) is 2.19. The molecule has 2 N–H and O–H groups in total. The third-order valence-corrected chi connectivity index (χ3v) is 4.25. The summed E-state index contributed by atoms with van der Waals surface area (Å²) >= 11 is 2.37. The highest BCUT2D eigenvalue weighted by atomic mass is 127. The Morgan fingerprint density at radius 3 is 2.69 bits per heavy atom. The van der Waals surface area contributed by atoms with Crippen molar-refractivity contribution in [3.8, 4) is 0 Å². The molecule has 0 heterocycles. The number of nitrogens with zero attached hydrogens (tertiary/aromatic N) is 1. The fourth-order valence-electron chi connectivity index (χ4n) is 2.51. The first-order valence-electron chi connectivity index (χ1n) is 5.93. The molecule has 1 aromatic rings. The Hall–Kier alpha value is -0.450. The first kappa shape index (κ1) is 12.0. The maximum absolute atomic E-state index is 5.77. The molecule has 2 nitrogen and oxygen atoms in total. The molecule has 0 aromatic heterocycles. The first-order chi connectivity index (χ1) is 7.66. The van der Waals surface area contributed by atoms with Crippen molar-refractivity contribution in [3.63, 3.8) is 0 Å². The topological polar surface area (TPSA) is 29.3 Å². The zero-order valence-corrected chi connectivity index (χ0v) is 11.9. The summed E-state index contributed by atoms with van der Waals surface area (Å²) in [6.45, 7) is 1.18. The predicted octanol–water partition coefficient (Wildman–Crippen LogP) is 3.50. The molecule has 1 saturated carbocycles. The fourth-order valence-corrected chi connectivity index (χ4v) is 3.46. The van der Waals surface area contributed by atoms with Gasteiger partial charge >= 0.3 is 0 Å². The van der Waals surface area contributed by atoms with Crippen LogP contribution < -0.4 is 10.6 Å². The minimum Gasteiger partial charge on any atom is -0.399 e. The van der Waals surface area contributed by atoms with Gasteiger partial charge in [0.1, 0.15) is 0 Å². The SMILES string of the molecule is CN(CC1CCCC1)c1ccc(N)cc1I. The molecule has 1 aliphatic carbocycles. The Bertz CT molecular complexity index is 359. The molecule has 0 atom stereocenters. The molecule has 1 fully saturated rings. The lowest BCUT2D eigenvalue weighted by molar-refractivity contribution is 0.547. The lowest BCUT2D eigenvalue weighted by Crippen LogP contribution is -2.24. The number of benzene rings is 1. The molecule has 0 saturated heterocycles. The second-order valence-electron chi connectivity index (χ2n) is 4.74. The smallest absolute Gasteiger partial charge is 0.0500 e. The summed E-state index contributed by atoms with van der Waals surface area (Å²) in [5.41, 5.74) is 7.92. The highest BCUT2D eigenvalue weighted by molar-refractivity contribution is 14.1. The lowest BCUT2D eigenvalue weighted by atomic mass is 10.1. The van der Waals surface area contributed by atoms with Crippen molar-refractivity contribution in [1.29, 1.82) is 0 Å². The van der Waals surface area contributed by atoms with Crippen LogP contribution in [0.3, 0.4) is 0 Å². The molecule has 0 radical (unpaired) electrons. The summed E-state index contributed by atoms with van der Waals surface area (Å²) in [6.07, 6.45) is 5.63. The van der Waals surface area contributed by atoms with Crippen molar-refractivity contribution in [2.75, 3.05) is 24.2 Å². The molecular weight excluding hydrogens is 311 g/mol. The van der Waals surface area contributed by atoms with E-state index in [-0.39, 0.29) is 0 Å². The van der Waals surface area contributed by atoms with Gasteiger partial charge in [-0.15, -0.1) is 0 Å². The largest absolute Gasteiger partial charge is 0.399 e. The number of hydrogen-bond donors (Lipinski definition) is 1. The number of rotatable bonds is 3. The molecule has 0 unspecified atom stereocenters. The van der Waals surface area contributed by atoms with Gasteiger partial charge in [-0.2, -0.15) is 0 Å². The van der Waals surface area contributed by atoms with Crippen molar-refractivity contribution in [3.05, 3.63) is 21.8 Å². The third kappa shape index (κ3) is 2.81. The molecular formula is C13H19IN2. The van der Waals surface area contributed by atoms with Crippen LogP contribution in [0, 0.1) is 9.49 Å². The van der Waals surface area contributed by atoms with E-state index in [9.17, 15) is 0 Å². The third-order valence-electron chi connectivity index (χ3n) is 3.39. The van der Waals surface area contributed by atoms with Crippen molar-refractivity contribution < 1.29 is 0 Å². The maximum atomic E-state index is 5.77. The van der Waals surface area contributed by atoms with Gasteiger partial charge in [0, 0.05) is 22.8 Å². The average Bonchev–Trinajstić information content (AvgIpc) is 2.70. The molecule has 1 aliphatic rings. The van der Waals surface area contributed by atoms with E-state index in [4.69, 9.17) is 5.73 Å². The molecule has 3 heteroatoms. The normalized spacial score (nSPS) is 16.6. The Balaban J connectivity index is 2.04. The zero-order valence-electron chi connectivity index (χ0n) is 9.75. The van der Waals surface area contributed by atoms with Crippen LogP contribution in [0.15, 0.2) is 18.2 Å². The minimum absolute atomic E-state index is 0.849. The summed E-state index contributed by atoms with van der Waals surface area (Å²) in [6, 6.07) is 6.16. The van der Waals surface area contributed by atoms with Crippen LogP contribution in [0.1, 0.15) is 25.7 Å². The molecule has 0 bridgehead atoms. The first-order valence-corrected chi connectivity index (χ1v) is 7.01. The Morgan fingerprint density at radius 1 is 1.38 bits per heavy atom. The number of halogens is 1. The highest BCUT2D eigenvalue weighted by Gasteiger charge is 2.17. The van der Waals surface area contributed by atoms with Gasteiger partial charge in [0.25, 0.3) is 0 Å². The van der Waals surface area contributed by atoms with E-state index in [2.05, 4.69) is 40.6 Å². The molecule has 16 heavy (non-hydrogen) atoms. The molecule has 2 rings (SSSR count). The number of hydrogen-bond acceptors (Lipinski definition) is 2. The average molecular weight is 330 g/mol. The Kier molecular flexibility index (Phi) is 3.95. The van der Waals surface area contributed by atoms with Gasteiger partial charge in [-0.3, -0.25) is 0 Å². The molecule has 1 aromatic carbocycles. The van der Waals surface area contributed by atoms with Crippen molar-refractivity contribution in [2.24, 2.45) is 5.92 Å². The molecule has 0 amide bonds. The fraction of sp³-hybridized carbons (Fsp3) is 0.538. The van der Waals surface area contributed by atoms with Gasteiger partial charge in [-0.05, 0) is 59.5 Å². The van der Waals surface area contributed by atoms with Gasteiger partial charge in [0.05, 0.1) is 5.69 Å². The van der Waals surface area contributed by atoms with Gasteiger partial charge in [0.2, 0.25) is 0 Å². The van der Waals surface area contributed by atoms with E-state index in [1.54, 1.807) is 0 Å². The number of anilines is 2. The van der Waals surface area contributed by atoms with Gasteiger partial charge in [-0.25, -0.2) is 0 Å². The second kappa shape index (κ2) is 5.25. The van der Waals surface area contributed by atoms with Crippen LogP contribution in [-0.2, 0) is 0 Å². The van der Waals surface area contributed by atoms with E-state index in [0.717, 1.165) is 11.6 Å². The summed E-state index contributed by atoms with van der Waals surface area (Å²) in [5.74, 6) is 0.887. The highest BCUT2D eigenvalue weighted by Crippen LogP contribution is 2.29. The van der Waals surface area contributed by atoms with Crippen LogP contribution in [-0.4, -0.2) is 13.6 Å². The van der Waals surface area contributed by atoms with Gasteiger partial charge in [0.15, 0.2) is 0 Å². The quantitative estimate of drug-likeness (QED) is 0.679. The van der Waals surface area contributed by atoms with E-state index >= 15 is 0 Å². The predicted molar refractivity (Wildman–Crippen MR) is 78.8 cm³/mol. The summed E-state index contributed by atoms with van der Waals surface area (Å²) < 4.78 is 1.25. The van der Waals surface area contributed by atoms with Crippen molar-refractivity contribution >= 4 is 34.0 Å². The summed E-state index contributed by atoms with van der Waals surface area (Å²) in [4.78, 5) is 2.37. The standard InChI is InChI=1S/C13H19IN2/c1-16(9-10-4-2-3-5-10)13-7-6-11(15)8-12(13)14/h6-8,10H,2-5,9,15H2,1H3. The van der Waals surface area contributed by atoms with Gasteiger partial charge in [-0.1, -0.05) is 12.8 Å². The van der Waals surface area contributed by atoms with Crippen LogP contribution in [0.2, 0.25) is 0 Å². The van der Waals surface area contributed by atoms with E-state index in [1.807, 2.05) is 12.1 Å². The van der Waals surface area contributed by atoms with Crippen molar-refractivity contribution in [2.45, 2.75) is 25.7 Å². The van der Waals surface area contributed by atoms with E-state index < -0.39 is 0 Å². The lowest BCUT2D eigenvalue weighted by Gasteiger charge is -2.24.